The summed E-state index contributed by atoms with van der Waals surface area (Å²) in [6.07, 6.45) is -5.14. The number of rotatable bonds is 7. The summed E-state index contributed by atoms with van der Waals surface area (Å²) < 4.78 is 69.1. The summed E-state index contributed by atoms with van der Waals surface area (Å²) in [5.41, 5.74) is 0.886. The van der Waals surface area contributed by atoms with E-state index in [9.17, 15) is 18.3 Å². The molecule has 0 spiro atoms. The second-order valence-corrected chi connectivity index (χ2v) is 9.54. The van der Waals surface area contributed by atoms with E-state index in [4.69, 9.17) is 14.2 Å². The molecule has 1 fully saturated rings. The number of aliphatic hydroxyl groups excluding tert-OH is 1. The first-order valence-electron chi connectivity index (χ1n) is 11.1. The number of unbranched alkanes of at least 4 members (excludes halogenated alkanes) is 1. The second kappa shape index (κ2) is 9.73. The zero-order valence-electron chi connectivity index (χ0n) is 19.1. The van der Waals surface area contributed by atoms with Crippen LogP contribution >= 0.6 is 0 Å². The Hall–Kier alpha value is -1.58. The van der Waals surface area contributed by atoms with Crippen LogP contribution in [0.15, 0.2) is 6.07 Å². The molecule has 9 heteroatoms. The molecule has 182 valence electrons. The maximum atomic E-state index is 15.4. The Kier molecular flexibility index (Phi) is 7.62. The maximum absolute atomic E-state index is 15.4. The molecule has 2 aliphatic heterocycles. The fourth-order valence-corrected chi connectivity index (χ4v) is 4.51. The average molecular weight is 464 g/mol. The molecule has 3 rings (SSSR count). The van der Waals surface area contributed by atoms with Crippen LogP contribution in [0.25, 0.3) is 0 Å². The summed E-state index contributed by atoms with van der Waals surface area (Å²) in [5, 5.41) is 10.7. The predicted molar refractivity (Wildman–Crippen MR) is 112 cm³/mol. The van der Waals surface area contributed by atoms with E-state index in [1.807, 2.05) is 20.8 Å². The highest BCUT2D eigenvalue weighted by Gasteiger charge is 2.41. The van der Waals surface area contributed by atoms with Crippen molar-refractivity contribution in [2.24, 2.45) is 0 Å². The molecule has 0 saturated carbocycles. The molecular weight excluding hydrogens is 430 g/mol. The molecule has 1 aromatic carbocycles. The summed E-state index contributed by atoms with van der Waals surface area (Å²) in [6, 6.07) is 1.57. The van der Waals surface area contributed by atoms with Gasteiger partial charge in [0.15, 0.2) is 17.3 Å². The van der Waals surface area contributed by atoms with E-state index < -0.39 is 24.5 Å². The first-order valence-corrected chi connectivity index (χ1v) is 11.1. The maximum Gasteiger partial charge on any atom is 0.389 e. The quantitative estimate of drug-likeness (QED) is 0.465. The fourth-order valence-electron chi connectivity index (χ4n) is 4.51. The second-order valence-electron chi connectivity index (χ2n) is 9.54. The van der Waals surface area contributed by atoms with Gasteiger partial charge in [-0.15, -0.1) is 0 Å². The molecule has 0 radical (unpaired) electrons. The van der Waals surface area contributed by atoms with Gasteiger partial charge in [-0.05, 0) is 63.6 Å². The van der Waals surface area contributed by atoms with E-state index in [2.05, 4.69) is 4.90 Å². The first kappa shape index (κ1) is 25.1. The van der Waals surface area contributed by atoms with E-state index in [0.717, 1.165) is 5.56 Å². The minimum absolute atomic E-state index is 0.0256. The third-order valence-electron chi connectivity index (χ3n) is 5.91. The monoisotopic (exact) mass is 463 g/mol. The van der Waals surface area contributed by atoms with Crippen LogP contribution in [-0.4, -0.2) is 60.8 Å². The highest BCUT2D eigenvalue weighted by molar-refractivity contribution is 5.51. The number of methoxy groups -OCH3 is 1. The number of hydrogen-bond acceptors (Lipinski definition) is 5. The topological polar surface area (TPSA) is 51.2 Å². The van der Waals surface area contributed by atoms with Crippen molar-refractivity contribution in [1.82, 2.24) is 4.90 Å². The number of hydrogen-bond donors (Lipinski definition) is 1. The predicted octanol–water partition coefficient (Wildman–Crippen LogP) is 4.79. The van der Waals surface area contributed by atoms with Gasteiger partial charge < -0.3 is 19.3 Å². The van der Waals surface area contributed by atoms with Crippen LogP contribution in [0.5, 0.6) is 11.5 Å². The Bertz CT molecular complexity index is 794. The highest BCUT2D eigenvalue weighted by atomic mass is 19.4. The summed E-state index contributed by atoms with van der Waals surface area (Å²) in [6.45, 7) is 6.97. The van der Waals surface area contributed by atoms with Gasteiger partial charge >= 0.3 is 6.18 Å². The van der Waals surface area contributed by atoms with E-state index in [0.29, 0.717) is 31.5 Å². The van der Waals surface area contributed by atoms with Crippen molar-refractivity contribution in [1.29, 1.82) is 0 Å². The van der Waals surface area contributed by atoms with Gasteiger partial charge in [0.2, 0.25) is 0 Å². The Balaban J connectivity index is 1.74. The molecule has 0 unspecified atom stereocenters. The van der Waals surface area contributed by atoms with Crippen molar-refractivity contribution in [2.75, 3.05) is 26.8 Å². The minimum Gasteiger partial charge on any atom is -0.493 e. The molecule has 0 aromatic heterocycles. The molecule has 1 aromatic rings. The lowest BCUT2D eigenvalue weighted by molar-refractivity contribution is -0.149. The van der Waals surface area contributed by atoms with Gasteiger partial charge in [0, 0.05) is 25.6 Å². The zero-order chi connectivity index (χ0) is 23.7. The average Bonchev–Trinajstić information content (AvgIpc) is 2.67. The van der Waals surface area contributed by atoms with Crippen molar-refractivity contribution in [3.8, 4) is 11.5 Å². The molecule has 0 aliphatic carbocycles. The molecule has 0 bridgehead atoms. The van der Waals surface area contributed by atoms with Gasteiger partial charge in [0.05, 0.1) is 31.5 Å². The standard InChI is InChI=1S/C23H33F4NO4/c1-22(2,3)32-19-13-28-9-7-14-15(16(28)12-17(19)29)11-18(30-4)21(20(14)24)31-10-6-5-8-23(25,26)27/h11,16-17,19,29H,5-10,12-13H2,1-4H3/t16-,17-,19-/m1/s1. The van der Waals surface area contributed by atoms with Crippen molar-refractivity contribution < 1.29 is 36.9 Å². The molecule has 2 heterocycles. The van der Waals surface area contributed by atoms with Gasteiger partial charge in [-0.3, -0.25) is 4.90 Å². The van der Waals surface area contributed by atoms with Crippen LogP contribution in [-0.2, 0) is 11.2 Å². The van der Waals surface area contributed by atoms with E-state index in [1.54, 1.807) is 6.07 Å². The van der Waals surface area contributed by atoms with E-state index >= 15 is 4.39 Å². The number of fused-ring (bicyclic) bond motifs is 3. The third kappa shape index (κ3) is 6.05. The van der Waals surface area contributed by atoms with Crippen molar-refractivity contribution in [3.05, 3.63) is 23.0 Å². The van der Waals surface area contributed by atoms with Crippen molar-refractivity contribution >= 4 is 0 Å². The van der Waals surface area contributed by atoms with E-state index in [1.165, 1.54) is 7.11 Å². The van der Waals surface area contributed by atoms with Crippen LogP contribution in [0.1, 0.15) is 63.6 Å². The van der Waals surface area contributed by atoms with Gasteiger partial charge in [0.1, 0.15) is 0 Å². The molecule has 0 amide bonds. The van der Waals surface area contributed by atoms with Crippen LogP contribution in [0.4, 0.5) is 17.6 Å². The Labute approximate surface area is 186 Å². The number of halogens is 4. The molecular formula is C23H33F4NO4. The van der Waals surface area contributed by atoms with Crippen molar-refractivity contribution in [3.63, 3.8) is 0 Å². The first-order chi connectivity index (χ1) is 14.9. The molecule has 1 saturated heterocycles. The molecule has 5 nitrogen and oxygen atoms in total. The summed E-state index contributed by atoms with van der Waals surface area (Å²) in [5.74, 6) is -0.379. The largest absolute Gasteiger partial charge is 0.493 e. The number of nitrogens with zero attached hydrogens (tertiary/aromatic N) is 1. The summed E-state index contributed by atoms with van der Waals surface area (Å²) >= 11 is 0. The molecule has 2 aliphatic rings. The van der Waals surface area contributed by atoms with Gasteiger partial charge in [-0.25, -0.2) is 4.39 Å². The molecule has 3 atom stereocenters. The lowest BCUT2D eigenvalue weighted by Crippen LogP contribution is -2.53. The van der Waals surface area contributed by atoms with Crippen LogP contribution in [0.2, 0.25) is 0 Å². The number of aliphatic hydroxyl groups is 1. The van der Waals surface area contributed by atoms with Crippen LogP contribution in [0, 0.1) is 5.82 Å². The van der Waals surface area contributed by atoms with Gasteiger partial charge in [-0.2, -0.15) is 13.2 Å². The summed E-state index contributed by atoms with van der Waals surface area (Å²) in [7, 11) is 1.40. The SMILES string of the molecule is COc1cc2c(c(F)c1OCCCCC(F)(F)F)CCN1C[C@@H](OC(C)(C)C)[C@H](O)C[C@H]21. The smallest absolute Gasteiger partial charge is 0.389 e. The van der Waals surface area contributed by atoms with Crippen molar-refractivity contribution in [2.45, 2.75) is 82.9 Å². The number of ether oxygens (including phenoxy) is 3. The molecule has 1 N–H and O–H groups in total. The van der Waals surface area contributed by atoms with Gasteiger partial charge in [0.25, 0.3) is 0 Å². The Morgan fingerprint density at radius 2 is 1.91 bits per heavy atom. The Morgan fingerprint density at radius 3 is 2.53 bits per heavy atom. The van der Waals surface area contributed by atoms with E-state index in [-0.39, 0.29) is 48.7 Å². The molecule has 32 heavy (non-hydrogen) atoms. The Morgan fingerprint density at radius 1 is 1.19 bits per heavy atom. The van der Waals surface area contributed by atoms with Crippen LogP contribution < -0.4 is 9.47 Å². The number of alkyl halides is 3. The normalized spacial score (nSPS) is 24.1. The summed E-state index contributed by atoms with van der Waals surface area (Å²) in [4.78, 5) is 2.20. The minimum atomic E-state index is -4.21. The number of benzene rings is 1. The van der Waals surface area contributed by atoms with Gasteiger partial charge in [-0.1, -0.05) is 0 Å². The third-order valence-corrected chi connectivity index (χ3v) is 5.91. The lowest BCUT2D eigenvalue weighted by atomic mass is 9.84. The zero-order valence-corrected chi connectivity index (χ0v) is 19.1. The number of piperidine rings is 1. The highest BCUT2D eigenvalue weighted by Crippen LogP contribution is 2.44. The lowest BCUT2D eigenvalue weighted by Gasteiger charge is -2.46. The fraction of sp³-hybridized carbons (Fsp3) is 0.739. The van der Waals surface area contributed by atoms with Crippen LogP contribution in [0.3, 0.4) is 0 Å².